The summed E-state index contributed by atoms with van der Waals surface area (Å²) in [5.41, 5.74) is 3.21. The summed E-state index contributed by atoms with van der Waals surface area (Å²) in [6, 6.07) is 7.56. The number of aryl methyl sites for hydroxylation is 1. The van der Waals surface area contributed by atoms with Gasteiger partial charge in [-0.15, -0.1) is 11.3 Å². The molecular formula is C37H38F2N6O7S. The number of nitrogens with zero attached hydrogens (tertiary/aromatic N) is 4. The lowest BCUT2D eigenvalue weighted by molar-refractivity contribution is -0.136. The molecular weight excluding hydrogens is 711 g/mol. The monoisotopic (exact) mass is 748 g/mol. The summed E-state index contributed by atoms with van der Waals surface area (Å²) in [7, 11) is 8.58. The highest BCUT2D eigenvalue weighted by Crippen LogP contribution is 2.40. The Morgan fingerprint density at radius 2 is 1.77 bits per heavy atom. The van der Waals surface area contributed by atoms with E-state index < -0.39 is 36.4 Å². The van der Waals surface area contributed by atoms with E-state index in [4.69, 9.17) is 9.47 Å². The molecule has 0 spiro atoms. The van der Waals surface area contributed by atoms with Gasteiger partial charge in [-0.25, -0.2) is 8.78 Å². The predicted octanol–water partition coefficient (Wildman–Crippen LogP) is 3.36. The summed E-state index contributed by atoms with van der Waals surface area (Å²) < 4.78 is 44.4. The van der Waals surface area contributed by atoms with Gasteiger partial charge in [0.15, 0.2) is 0 Å². The standard InChI is InChI=1S/C37H38F2N6O7S/c1-42(2)15-25-27(51-4)11-19(12-28(25)52-5)24-16-43(3)35(49)23-13-29(53-32(23)24)34(48)40-30-17-44(18-37(30,38)39)21-6-7-22-20(10-21)14-45(36(22)50)26-8-9-31(46)41-33(26)47/h6-7,10-13,16,26,30H,8-9,14-15,17-18H2,1-5H3,(H,40,48)(H,41,46,47). The molecule has 5 heterocycles. The zero-order chi connectivity index (χ0) is 37.9. The maximum atomic E-state index is 15.5. The molecule has 2 fully saturated rings. The van der Waals surface area contributed by atoms with Crippen LogP contribution in [0.2, 0.25) is 0 Å². The Bertz CT molecular complexity index is 2230. The smallest absolute Gasteiger partial charge is 0.286 e. The average Bonchev–Trinajstić information content (AvgIpc) is 3.79. The number of amides is 4. The molecule has 3 aliphatic heterocycles. The van der Waals surface area contributed by atoms with E-state index in [2.05, 4.69) is 10.6 Å². The average molecular weight is 749 g/mol. The van der Waals surface area contributed by atoms with Gasteiger partial charge in [-0.3, -0.25) is 29.3 Å². The van der Waals surface area contributed by atoms with Gasteiger partial charge in [0.2, 0.25) is 11.8 Å². The van der Waals surface area contributed by atoms with Crippen LogP contribution in [-0.2, 0) is 29.7 Å². The first-order chi connectivity index (χ1) is 25.2. The number of alkyl halides is 2. The fourth-order valence-electron chi connectivity index (χ4n) is 7.30. The number of nitrogens with one attached hydrogen (secondary N) is 2. The van der Waals surface area contributed by atoms with Gasteiger partial charge in [-0.05, 0) is 68.0 Å². The number of methoxy groups -OCH3 is 2. The molecule has 2 N–H and O–H groups in total. The number of carbonyl (C=O) groups is 4. The molecule has 53 heavy (non-hydrogen) atoms. The van der Waals surface area contributed by atoms with E-state index in [1.165, 1.54) is 20.4 Å². The number of piperidine rings is 1. The van der Waals surface area contributed by atoms with Crippen LogP contribution in [0.5, 0.6) is 11.5 Å². The molecule has 2 aromatic heterocycles. The van der Waals surface area contributed by atoms with Crippen LogP contribution in [0.15, 0.2) is 47.4 Å². The highest BCUT2D eigenvalue weighted by Gasteiger charge is 2.49. The van der Waals surface area contributed by atoms with E-state index in [1.54, 1.807) is 45.7 Å². The SMILES string of the molecule is COc1cc(-c2cn(C)c(=O)c3cc(C(=O)NC4CN(c5ccc6c(c5)CN(C5CCC(=O)NC5=O)C6=O)CC4(F)F)sc23)cc(OC)c1CN(C)C. The van der Waals surface area contributed by atoms with Crippen molar-refractivity contribution in [1.82, 2.24) is 25.0 Å². The molecule has 7 rings (SSSR count). The number of anilines is 1. The molecule has 2 atom stereocenters. The third-order valence-corrected chi connectivity index (χ3v) is 11.1. The summed E-state index contributed by atoms with van der Waals surface area (Å²) in [4.78, 5) is 69.0. The van der Waals surface area contributed by atoms with Crippen LogP contribution in [0, 0.1) is 0 Å². The first-order valence-corrected chi connectivity index (χ1v) is 17.7. The molecule has 278 valence electrons. The van der Waals surface area contributed by atoms with Gasteiger partial charge >= 0.3 is 0 Å². The Morgan fingerprint density at radius 1 is 1.06 bits per heavy atom. The van der Waals surface area contributed by atoms with E-state index in [-0.39, 0.29) is 53.6 Å². The van der Waals surface area contributed by atoms with Crippen molar-refractivity contribution in [3.8, 4) is 22.6 Å². The number of imide groups is 1. The molecule has 2 aromatic carbocycles. The molecule has 13 nitrogen and oxygen atoms in total. The van der Waals surface area contributed by atoms with E-state index in [0.717, 1.165) is 16.9 Å². The molecule has 0 bridgehead atoms. The maximum absolute atomic E-state index is 15.5. The number of hydrogen-bond acceptors (Lipinski definition) is 10. The Balaban J connectivity index is 1.12. The zero-order valence-electron chi connectivity index (χ0n) is 29.7. The normalized spacial score (nSPS) is 19.6. The lowest BCUT2D eigenvalue weighted by atomic mass is 10.0. The van der Waals surface area contributed by atoms with Crippen molar-refractivity contribution in [2.75, 3.05) is 46.3 Å². The summed E-state index contributed by atoms with van der Waals surface area (Å²) in [5.74, 6) is -4.16. The summed E-state index contributed by atoms with van der Waals surface area (Å²) in [6.45, 7) is -0.228. The van der Waals surface area contributed by atoms with Gasteiger partial charge in [-0.1, -0.05) is 0 Å². The minimum atomic E-state index is -3.30. The quantitative estimate of drug-likeness (QED) is 0.247. The van der Waals surface area contributed by atoms with Gasteiger partial charge in [0, 0.05) is 60.8 Å². The minimum Gasteiger partial charge on any atom is -0.496 e. The van der Waals surface area contributed by atoms with Crippen LogP contribution in [-0.4, -0.2) is 97.4 Å². The summed E-state index contributed by atoms with van der Waals surface area (Å²) in [6.07, 6.45) is 1.99. The molecule has 0 saturated carbocycles. The van der Waals surface area contributed by atoms with E-state index >= 15 is 8.78 Å². The first kappa shape index (κ1) is 36.0. The number of ether oxygens (including phenoxy) is 2. The van der Waals surface area contributed by atoms with Crippen molar-refractivity contribution in [1.29, 1.82) is 0 Å². The fourth-order valence-corrected chi connectivity index (χ4v) is 8.38. The highest BCUT2D eigenvalue weighted by molar-refractivity contribution is 7.21. The van der Waals surface area contributed by atoms with Crippen LogP contribution in [0.3, 0.4) is 0 Å². The van der Waals surface area contributed by atoms with E-state index in [9.17, 15) is 24.0 Å². The van der Waals surface area contributed by atoms with Gasteiger partial charge in [0.25, 0.3) is 23.3 Å². The Labute approximate surface area is 307 Å². The number of benzene rings is 2. The second kappa shape index (κ2) is 13.6. The van der Waals surface area contributed by atoms with Crippen LogP contribution >= 0.6 is 11.3 Å². The summed E-state index contributed by atoms with van der Waals surface area (Å²) >= 11 is 1.04. The Kier molecular flexibility index (Phi) is 9.22. The largest absolute Gasteiger partial charge is 0.496 e. The van der Waals surface area contributed by atoms with E-state index in [1.807, 2.05) is 31.1 Å². The number of hydrogen-bond donors (Lipinski definition) is 2. The molecule has 4 amide bonds. The highest BCUT2D eigenvalue weighted by atomic mass is 32.1. The van der Waals surface area contributed by atoms with Crippen molar-refractivity contribution in [3.63, 3.8) is 0 Å². The van der Waals surface area contributed by atoms with Crippen molar-refractivity contribution in [3.05, 3.63) is 74.5 Å². The summed E-state index contributed by atoms with van der Waals surface area (Å²) in [5, 5.41) is 5.05. The predicted molar refractivity (Wildman–Crippen MR) is 194 cm³/mol. The van der Waals surface area contributed by atoms with Crippen LogP contribution in [0.4, 0.5) is 14.5 Å². The van der Waals surface area contributed by atoms with Crippen LogP contribution < -0.4 is 30.6 Å². The maximum Gasteiger partial charge on any atom is 0.286 e. The second-order valence-corrected chi connectivity index (χ2v) is 14.9. The van der Waals surface area contributed by atoms with Gasteiger partial charge in [0.05, 0.1) is 36.6 Å². The fraction of sp³-hybridized carbons (Fsp3) is 0.378. The van der Waals surface area contributed by atoms with Crippen molar-refractivity contribution >= 4 is 50.7 Å². The van der Waals surface area contributed by atoms with Crippen LogP contribution in [0.1, 0.15) is 44.0 Å². The molecule has 2 unspecified atom stereocenters. The molecule has 2 saturated heterocycles. The van der Waals surface area contributed by atoms with Gasteiger partial charge < -0.3 is 34.1 Å². The number of thiophene rings is 1. The molecule has 3 aliphatic rings. The van der Waals surface area contributed by atoms with Crippen molar-refractivity contribution in [2.24, 2.45) is 7.05 Å². The Morgan fingerprint density at radius 3 is 2.43 bits per heavy atom. The third-order valence-electron chi connectivity index (χ3n) is 9.96. The number of fused-ring (bicyclic) bond motifs is 2. The number of aromatic nitrogens is 1. The molecule has 0 aliphatic carbocycles. The first-order valence-electron chi connectivity index (χ1n) is 16.9. The molecule has 16 heteroatoms. The Hall–Kier alpha value is -5.35. The molecule has 0 radical (unpaired) electrons. The minimum absolute atomic E-state index is 0.103. The van der Waals surface area contributed by atoms with Crippen molar-refractivity contribution < 1.29 is 37.4 Å². The van der Waals surface area contributed by atoms with Crippen LogP contribution in [0.25, 0.3) is 21.2 Å². The van der Waals surface area contributed by atoms with E-state index in [0.29, 0.717) is 50.7 Å². The van der Waals surface area contributed by atoms with Crippen molar-refractivity contribution in [2.45, 2.75) is 43.9 Å². The van der Waals surface area contributed by atoms with Gasteiger partial charge in [-0.2, -0.15) is 0 Å². The zero-order valence-corrected chi connectivity index (χ0v) is 30.6. The number of rotatable bonds is 9. The topological polar surface area (TPSA) is 143 Å². The lowest BCUT2D eigenvalue weighted by Gasteiger charge is -2.29. The number of halogens is 2. The number of pyridine rings is 1. The third kappa shape index (κ3) is 6.50. The molecule has 4 aromatic rings. The lowest BCUT2D eigenvalue weighted by Crippen LogP contribution is -2.52. The number of carbonyl (C=O) groups excluding carboxylic acids is 4. The second-order valence-electron chi connectivity index (χ2n) is 13.8. The van der Waals surface area contributed by atoms with Gasteiger partial charge in [0.1, 0.15) is 23.6 Å².